The summed E-state index contributed by atoms with van der Waals surface area (Å²) in [6, 6.07) is 8.96. The number of halogens is 2. The van der Waals surface area contributed by atoms with Crippen molar-refractivity contribution in [3.05, 3.63) is 64.7 Å². The van der Waals surface area contributed by atoms with Crippen LogP contribution in [0.1, 0.15) is 16.7 Å². The van der Waals surface area contributed by atoms with E-state index in [-0.39, 0.29) is 11.6 Å². The number of ether oxygens (including phenoxy) is 1. The molecule has 94 valence electrons. The molecular formula is C15H14F2O. The first-order valence-corrected chi connectivity index (χ1v) is 5.70. The Morgan fingerprint density at radius 2 is 1.50 bits per heavy atom. The van der Waals surface area contributed by atoms with Gasteiger partial charge in [-0.2, -0.15) is 0 Å². The highest BCUT2D eigenvalue weighted by Crippen LogP contribution is 2.20. The minimum Gasteiger partial charge on any atom is -0.489 e. The van der Waals surface area contributed by atoms with Gasteiger partial charge in [0.2, 0.25) is 0 Å². The van der Waals surface area contributed by atoms with Crippen LogP contribution in [-0.2, 0) is 6.61 Å². The molecule has 0 atom stereocenters. The summed E-state index contributed by atoms with van der Waals surface area (Å²) in [5, 5.41) is 0. The second-order valence-electron chi connectivity index (χ2n) is 4.27. The third kappa shape index (κ3) is 2.86. The molecule has 0 amide bonds. The first-order chi connectivity index (χ1) is 8.56. The first-order valence-electron chi connectivity index (χ1n) is 5.70. The van der Waals surface area contributed by atoms with Crippen LogP contribution in [0.3, 0.4) is 0 Å². The molecule has 2 aromatic rings. The van der Waals surface area contributed by atoms with Crippen LogP contribution in [0.25, 0.3) is 0 Å². The van der Waals surface area contributed by atoms with Gasteiger partial charge < -0.3 is 4.74 Å². The van der Waals surface area contributed by atoms with Crippen molar-refractivity contribution in [2.75, 3.05) is 0 Å². The van der Waals surface area contributed by atoms with Gasteiger partial charge in [0.05, 0.1) is 0 Å². The molecule has 2 aromatic carbocycles. The summed E-state index contributed by atoms with van der Waals surface area (Å²) >= 11 is 0. The van der Waals surface area contributed by atoms with Gasteiger partial charge in [0.25, 0.3) is 0 Å². The van der Waals surface area contributed by atoms with Crippen LogP contribution in [-0.4, -0.2) is 0 Å². The van der Waals surface area contributed by atoms with Crippen molar-refractivity contribution in [2.24, 2.45) is 0 Å². The SMILES string of the molecule is Cc1cc(F)ccc1COc1ccc(F)cc1C. The fraction of sp³-hybridized carbons (Fsp3) is 0.200. The zero-order valence-electron chi connectivity index (χ0n) is 10.3. The fourth-order valence-corrected chi connectivity index (χ4v) is 1.75. The summed E-state index contributed by atoms with van der Waals surface area (Å²) in [6.45, 7) is 3.97. The minimum atomic E-state index is -0.280. The molecule has 0 fully saturated rings. The second kappa shape index (κ2) is 5.17. The van der Waals surface area contributed by atoms with Crippen LogP contribution in [0.4, 0.5) is 8.78 Å². The van der Waals surface area contributed by atoms with Gasteiger partial charge in [-0.1, -0.05) is 6.07 Å². The molecule has 0 unspecified atom stereocenters. The zero-order valence-corrected chi connectivity index (χ0v) is 10.3. The molecule has 2 rings (SSSR count). The predicted molar refractivity (Wildman–Crippen MR) is 66.6 cm³/mol. The first kappa shape index (κ1) is 12.6. The lowest BCUT2D eigenvalue weighted by Gasteiger charge is -2.11. The van der Waals surface area contributed by atoms with Gasteiger partial charge in [0, 0.05) is 0 Å². The van der Waals surface area contributed by atoms with Gasteiger partial charge >= 0.3 is 0 Å². The van der Waals surface area contributed by atoms with Crippen LogP contribution in [0, 0.1) is 25.5 Å². The maximum absolute atomic E-state index is 12.9. The molecule has 3 heteroatoms. The lowest BCUT2D eigenvalue weighted by Crippen LogP contribution is -1.99. The lowest BCUT2D eigenvalue weighted by atomic mass is 10.1. The number of hydrogen-bond donors (Lipinski definition) is 0. The van der Waals surface area contributed by atoms with E-state index in [2.05, 4.69) is 0 Å². The molecular weight excluding hydrogens is 234 g/mol. The third-order valence-corrected chi connectivity index (χ3v) is 2.82. The molecule has 0 aliphatic heterocycles. The van der Waals surface area contributed by atoms with E-state index < -0.39 is 0 Å². The zero-order chi connectivity index (χ0) is 13.1. The fourth-order valence-electron chi connectivity index (χ4n) is 1.75. The van der Waals surface area contributed by atoms with Crippen molar-refractivity contribution in [3.8, 4) is 5.75 Å². The minimum absolute atomic E-state index is 0.255. The van der Waals surface area contributed by atoms with Gasteiger partial charge in [-0.25, -0.2) is 8.78 Å². The predicted octanol–water partition coefficient (Wildman–Crippen LogP) is 4.16. The van der Waals surface area contributed by atoms with E-state index in [4.69, 9.17) is 4.74 Å². The Kier molecular flexibility index (Phi) is 3.60. The largest absolute Gasteiger partial charge is 0.489 e. The van der Waals surface area contributed by atoms with Crippen LogP contribution in [0.2, 0.25) is 0 Å². The Morgan fingerprint density at radius 1 is 0.889 bits per heavy atom. The molecule has 0 radical (unpaired) electrons. The number of hydrogen-bond acceptors (Lipinski definition) is 1. The molecule has 0 N–H and O–H groups in total. The Balaban J connectivity index is 2.11. The molecule has 0 bridgehead atoms. The molecule has 18 heavy (non-hydrogen) atoms. The summed E-state index contributed by atoms with van der Waals surface area (Å²) < 4.78 is 31.5. The maximum atomic E-state index is 12.9. The Hall–Kier alpha value is -1.90. The highest BCUT2D eigenvalue weighted by atomic mass is 19.1. The summed E-state index contributed by atoms with van der Waals surface area (Å²) in [5.74, 6) is 0.104. The van der Waals surface area contributed by atoms with Gasteiger partial charge in [0.1, 0.15) is 24.0 Å². The van der Waals surface area contributed by atoms with Crippen molar-refractivity contribution in [3.63, 3.8) is 0 Å². The van der Waals surface area contributed by atoms with Gasteiger partial charge in [-0.3, -0.25) is 0 Å². The van der Waals surface area contributed by atoms with E-state index in [1.54, 1.807) is 19.1 Å². The number of rotatable bonds is 3. The molecule has 0 aromatic heterocycles. The average Bonchev–Trinajstić information content (AvgIpc) is 2.30. The summed E-state index contributed by atoms with van der Waals surface area (Å²) in [6.07, 6.45) is 0. The number of aryl methyl sites for hydroxylation is 2. The second-order valence-corrected chi connectivity index (χ2v) is 4.27. The third-order valence-electron chi connectivity index (χ3n) is 2.82. The number of benzene rings is 2. The average molecular weight is 248 g/mol. The maximum Gasteiger partial charge on any atom is 0.123 e. The van der Waals surface area contributed by atoms with Crippen molar-refractivity contribution >= 4 is 0 Å². The van der Waals surface area contributed by atoms with Crippen molar-refractivity contribution in [1.29, 1.82) is 0 Å². The van der Waals surface area contributed by atoms with E-state index in [0.29, 0.717) is 12.4 Å². The van der Waals surface area contributed by atoms with E-state index >= 15 is 0 Å². The normalized spacial score (nSPS) is 10.4. The highest BCUT2D eigenvalue weighted by molar-refractivity contribution is 5.33. The molecule has 0 heterocycles. The van der Waals surface area contributed by atoms with Crippen LogP contribution in [0.5, 0.6) is 5.75 Å². The van der Waals surface area contributed by atoms with Crippen molar-refractivity contribution < 1.29 is 13.5 Å². The van der Waals surface area contributed by atoms with Gasteiger partial charge in [-0.15, -0.1) is 0 Å². The van der Waals surface area contributed by atoms with Crippen LogP contribution in [0.15, 0.2) is 36.4 Å². The topological polar surface area (TPSA) is 9.23 Å². The van der Waals surface area contributed by atoms with E-state index in [1.165, 1.54) is 24.3 Å². The van der Waals surface area contributed by atoms with E-state index in [0.717, 1.165) is 16.7 Å². The monoisotopic (exact) mass is 248 g/mol. The molecule has 0 aliphatic rings. The Bertz CT molecular complexity index is 513. The molecule has 0 spiro atoms. The van der Waals surface area contributed by atoms with Crippen molar-refractivity contribution in [1.82, 2.24) is 0 Å². The Labute approximate surface area is 105 Å². The highest BCUT2D eigenvalue weighted by Gasteiger charge is 2.04. The quantitative estimate of drug-likeness (QED) is 0.792. The molecule has 0 saturated carbocycles. The summed E-state index contributed by atoms with van der Waals surface area (Å²) in [5.41, 5.74) is 2.50. The smallest absolute Gasteiger partial charge is 0.123 e. The van der Waals surface area contributed by atoms with Crippen molar-refractivity contribution in [2.45, 2.75) is 20.5 Å². The summed E-state index contributed by atoms with van der Waals surface area (Å²) in [4.78, 5) is 0. The van der Waals surface area contributed by atoms with E-state index in [1.807, 2.05) is 6.92 Å². The Morgan fingerprint density at radius 3 is 2.11 bits per heavy atom. The van der Waals surface area contributed by atoms with Gasteiger partial charge in [0.15, 0.2) is 0 Å². The van der Waals surface area contributed by atoms with E-state index in [9.17, 15) is 8.78 Å². The lowest BCUT2D eigenvalue weighted by molar-refractivity contribution is 0.302. The molecule has 1 nitrogen and oxygen atoms in total. The van der Waals surface area contributed by atoms with Gasteiger partial charge in [-0.05, 0) is 60.9 Å². The van der Waals surface area contributed by atoms with Crippen LogP contribution < -0.4 is 4.74 Å². The van der Waals surface area contributed by atoms with Crippen LogP contribution >= 0.6 is 0 Å². The summed E-state index contributed by atoms with van der Waals surface area (Å²) in [7, 11) is 0. The molecule has 0 aliphatic carbocycles. The molecule has 0 saturated heterocycles. The standard InChI is InChI=1S/C15H14F2O/c1-10-7-13(16)4-3-12(10)9-18-15-6-5-14(17)8-11(15)2/h3-8H,9H2,1-2H3.